The Morgan fingerprint density at radius 3 is 1.12 bits per heavy atom. The van der Waals surface area contributed by atoms with Gasteiger partial charge in [-0.3, -0.25) is 9.59 Å². The van der Waals surface area contributed by atoms with E-state index >= 15 is 0 Å². The van der Waals surface area contributed by atoms with Crippen molar-refractivity contribution in [3.8, 4) is 0 Å². The molecule has 0 saturated carbocycles. The summed E-state index contributed by atoms with van der Waals surface area (Å²) < 4.78 is 10.6. The minimum Gasteiger partial charge on any atom is -0.462 e. The molecule has 302 valence electrons. The van der Waals surface area contributed by atoms with Gasteiger partial charge in [-0.25, -0.2) is 0 Å². The highest BCUT2D eigenvalue weighted by Crippen LogP contribution is 2.16. The highest BCUT2D eigenvalue weighted by molar-refractivity contribution is 5.70. The molecule has 0 spiro atoms. The summed E-state index contributed by atoms with van der Waals surface area (Å²) in [5, 5.41) is 9.57. The lowest BCUT2D eigenvalue weighted by molar-refractivity contribution is -0.161. The Bertz CT molecular complexity index is 735. The van der Waals surface area contributed by atoms with Crippen molar-refractivity contribution in [2.24, 2.45) is 0 Å². The van der Waals surface area contributed by atoms with Crippen molar-refractivity contribution in [3.05, 3.63) is 12.2 Å². The largest absolute Gasteiger partial charge is 0.462 e. The number of aliphatic hydroxyl groups excluding tert-OH is 1. The van der Waals surface area contributed by atoms with Gasteiger partial charge in [0.25, 0.3) is 0 Å². The van der Waals surface area contributed by atoms with Crippen LogP contribution in [0.15, 0.2) is 12.2 Å². The van der Waals surface area contributed by atoms with Gasteiger partial charge in [0.15, 0.2) is 6.10 Å². The fraction of sp³-hybridized carbons (Fsp3) is 0.913. The molecule has 0 rings (SSSR count). The van der Waals surface area contributed by atoms with E-state index in [4.69, 9.17) is 9.47 Å². The maximum absolute atomic E-state index is 12.2. The standard InChI is InChI=1S/C46H88O5/c1-3-5-7-9-11-13-15-17-19-20-21-22-23-24-25-26-27-29-30-32-34-36-38-40-45(48)50-43-44(42-47)51-46(49)41-39-37-35-33-31-28-18-16-14-12-10-8-6-4-2/h32,34,44,47H,3-31,33,35-43H2,1-2H3/b34-32+/t44-/m0/s1. The van der Waals surface area contributed by atoms with Crippen LogP contribution >= 0.6 is 0 Å². The molecule has 0 bridgehead atoms. The number of rotatable bonds is 42. The van der Waals surface area contributed by atoms with E-state index in [0.717, 1.165) is 38.5 Å². The molecule has 5 heteroatoms. The summed E-state index contributed by atoms with van der Waals surface area (Å²) in [6, 6.07) is 0. The van der Waals surface area contributed by atoms with E-state index in [2.05, 4.69) is 26.0 Å². The summed E-state index contributed by atoms with van der Waals surface area (Å²) in [6.07, 6.45) is 50.2. The smallest absolute Gasteiger partial charge is 0.306 e. The van der Waals surface area contributed by atoms with Gasteiger partial charge in [0, 0.05) is 12.8 Å². The summed E-state index contributed by atoms with van der Waals surface area (Å²) in [5.41, 5.74) is 0. The highest BCUT2D eigenvalue weighted by atomic mass is 16.6. The third-order valence-electron chi connectivity index (χ3n) is 10.3. The van der Waals surface area contributed by atoms with Gasteiger partial charge in [-0.15, -0.1) is 0 Å². The third-order valence-corrected chi connectivity index (χ3v) is 10.3. The van der Waals surface area contributed by atoms with Crippen LogP contribution in [0.4, 0.5) is 0 Å². The van der Waals surface area contributed by atoms with Gasteiger partial charge in [0.1, 0.15) is 6.61 Å². The number of unbranched alkanes of at least 4 members (excludes halogenated alkanes) is 32. The lowest BCUT2D eigenvalue weighted by Gasteiger charge is -2.15. The average Bonchev–Trinajstić information content (AvgIpc) is 3.13. The molecular formula is C46H88O5. The Kier molecular flexibility index (Phi) is 41.9. The van der Waals surface area contributed by atoms with Crippen molar-refractivity contribution >= 4 is 11.9 Å². The van der Waals surface area contributed by atoms with Crippen LogP contribution in [0, 0.1) is 0 Å². The molecule has 0 unspecified atom stereocenters. The summed E-state index contributed by atoms with van der Waals surface area (Å²) in [7, 11) is 0. The Balaban J connectivity index is 3.48. The van der Waals surface area contributed by atoms with Crippen LogP contribution in [-0.2, 0) is 19.1 Å². The van der Waals surface area contributed by atoms with Crippen molar-refractivity contribution < 1.29 is 24.2 Å². The Morgan fingerprint density at radius 1 is 0.431 bits per heavy atom. The maximum Gasteiger partial charge on any atom is 0.306 e. The third kappa shape index (κ3) is 41.3. The van der Waals surface area contributed by atoms with Gasteiger partial charge in [-0.05, 0) is 32.1 Å². The van der Waals surface area contributed by atoms with Crippen molar-refractivity contribution in [1.82, 2.24) is 0 Å². The Morgan fingerprint density at radius 2 is 0.745 bits per heavy atom. The molecule has 51 heavy (non-hydrogen) atoms. The van der Waals surface area contributed by atoms with Gasteiger partial charge < -0.3 is 14.6 Å². The van der Waals surface area contributed by atoms with Crippen LogP contribution in [0.25, 0.3) is 0 Å². The fourth-order valence-corrected chi connectivity index (χ4v) is 6.85. The van der Waals surface area contributed by atoms with E-state index in [9.17, 15) is 14.7 Å². The molecule has 0 amide bonds. The van der Waals surface area contributed by atoms with Gasteiger partial charge in [-0.2, -0.15) is 0 Å². The number of carbonyl (C=O) groups is 2. The maximum atomic E-state index is 12.2. The predicted molar refractivity (Wildman–Crippen MR) is 219 cm³/mol. The van der Waals surface area contributed by atoms with E-state index in [-0.39, 0.29) is 25.2 Å². The van der Waals surface area contributed by atoms with Crippen LogP contribution < -0.4 is 0 Å². The van der Waals surface area contributed by atoms with Crippen LogP contribution in [0.5, 0.6) is 0 Å². The van der Waals surface area contributed by atoms with Gasteiger partial charge in [-0.1, -0.05) is 219 Å². The summed E-state index contributed by atoms with van der Waals surface area (Å²) in [5.74, 6) is -0.614. The minimum atomic E-state index is -0.776. The van der Waals surface area contributed by atoms with Crippen LogP contribution in [0.2, 0.25) is 0 Å². The lowest BCUT2D eigenvalue weighted by atomic mass is 10.0. The fourth-order valence-electron chi connectivity index (χ4n) is 6.85. The molecule has 0 aliphatic heterocycles. The van der Waals surface area contributed by atoms with Crippen molar-refractivity contribution in [2.45, 2.75) is 258 Å². The van der Waals surface area contributed by atoms with Crippen LogP contribution in [0.3, 0.4) is 0 Å². The molecule has 1 atom stereocenters. The number of allylic oxidation sites excluding steroid dienone is 2. The Labute approximate surface area is 318 Å². The minimum absolute atomic E-state index is 0.0744. The molecule has 0 aromatic carbocycles. The Hall–Kier alpha value is -1.36. The van der Waals surface area contributed by atoms with Crippen molar-refractivity contribution in [3.63, 3.8) is 0 Å². The van der Waals surface area contributed by atoms with Crippen LogP contribution in [0.1, 0.15) is 251 Å². The lowest BCUT2D eigenvalue weighted by Crippen LogP contribution is -2.28. The van der Waals surface area contributed by atoms with Gasteiger partial charge >= 0.3 is 11.9 Å². The first-order valence-corrected chi connectivity index (χ1v) is 22.7. The first kappa shape index (κ1) is 49.6. The van der Waals surface area contributed by atoms with E-state index in [0.29, 0.717) is 12.8 Å². The number of esters is 2. The quantitative estimate of drug-likeness (QED) is 0.0386. The summed E-state index contributed by atoms with van der Waals surface area (Å²) in [6.45, 7) is 4.15. The average molecular weight is 721 g/mol. The topological polar surface area (TPSA) is 72.8 Å². The summed E-state index contributed by atoms with van der Waals surface area (Å²) >= 11 is 0. The zero-order chi connectivity index (χ0) is 37.1. The molecule has 0 saturated heterocycles. The number of hydrogen-bond acceptors (Lipinski definition) is 5. The molecule has 0 aromatic rings. The van der Waals surface area contributed by atoms with Crippen LogP contribution in [-0.4, -0.2) is 36.4 Å². The zero-order valence-electron chi connectivity index (χ0n) is 34.4. The van der Waals surface area contributed by atoms with E-state index in [1.54, 1.807) is 0 Å². The second-order valence-corrected chi connectivity index (χ2v) is 15.5. The number of carbonyl (C=O) groups excluding carboxylic acids is 2. The van der Waals surface area contributed by atoms with Crippen molar-refractivity contribution in [1.29, 1.82) is 0 Å². The molecule has 0 aromatic heterocycles. The molecule has 0 aliphatic rings. The first-order valence-electron chi connectivity index (χ1n) is 22.7. The first-order chi connectivity index (χ1) is 25.1. The molecule has 0 radical (unpaired) electrons. The molecule has 0 aliphatic carbocycles. The van der Waals surface area contributed by atoms with E-state index in [1.807, 2.05) is 0 Å². The molecule has 1 N–H and O–H groups in total. The SMILES string of the molecule is CCCCCCCCCCCCCCCCCCCC/C=C/CCCC(=O)OC[C@H](CO)OC(=O)CCCCCCCCCCCCCCCC. The number of hydrogen-bond donors (Lipinski definition) is 1. The van der Waals surface area contributed by atoms with E-state index < -0.39 is 6.10 Å². The molecule has 0 heterocycles. The second-order valence-electron chi connectivity index (χ2n) is 15.5. The summed E-state index contributed by atoms with van der Waals surface area (Å²) in [4.78, 5) is 24.3. The highest BCUT2D eigenvalue weighted by Gasteiger charge is 2.16. The van der Waals surface area contributed by atoms with Gasteiger partial charge in [0.05, 0.1) is 6.61 Å². The molecule has 5 nitrogen and oxygen atoms in total. The zero-order valence-corrected chi connectivity index (χ0v) is 34.4. The number of ether oxygens (including phenoxy) is 2. The van der Waals surface area contributed by atoms with E-state index in [1.165, 1.54) is 186 Å². The number of aliphatic hydroxyl groups is 1. The predicted octanol–water partition coefficient (Wildman–Crippen LogP) is 14.5. The monoisotopic (exact) mass is 721 g/mol. The normalized spacial score (nSPS) is 12.1. The second kappa shape index (κ2) is 43.0. The molecule has 0 fully saturated rings. The molecular weight excluding hydrogens is 633 g/mol. The van der Waals surface area contributed by atoms with Gasteiger partial charge in [0.2, 0.25) is 0 Å². The van der Waals surface area contributed by atoms with Crippen molar-refractivity contribution in [2.75, 3.05) is 13.2 Å².